The average molecular weight is 759 g/mol. The van der Waals surface area contributed by atoms with E-state index in [1.165, 1.54) is 116 Å². The molecule has 0 aromatic carbocycles. The number of aliphatic hydroxyl groups is 2. The molecule has 308 valence electrons. The Kier molecular flexibility index (Phi) is 41.3. The van der Waals surface area contributed by atoms with Gasteiger partial charge < -0.3 is 36.6 Å². The number of esters is 2. The van der Waals surface area contributed by atoms with Gasteiger partial charge in [0.1, 0.15) is 26.2 Å². The number of hydrogen-bond donors (Lipinski definition) is 2. The molecule has 2 N–H and O–H groups in total. The first-order valence-corrected chi connectivity index (χ1v) is 21.6. The normalized spacial score (nSPS) is 12.4. The number of unbranched alkanes of at least 4 members (excludes halogenated alkanes) is 22. The first-order valence-electron chi connectivity index (χ1n) is 21.6. The Morgan fingerprint density at radius 2 is 0.885 bits per heavy atom. The summed E-state index contributed by atoms with van der Waals surface area (Å²) in [5, 5.41) is 19.2. The summed E-state index contributed by atoms with van der Waals surface area (Å²) in [5.41, 5.74) is 0. The molecule has 7 nitrogen and oxygen atoms in total. The molecule has 0 rings (SSSR count). The van der Waals surface area contributed by atoms with Gasteiger partial charge in [-0.25, -0.2) is 0 Å². The third-order valence-corrected chi connectivity index (χ3v) is 9.94. The third-order valence-electron chi connectivity index (χ3n) is 9.94. The van der Waals surface area contributed by atoms with Crippen molar-refractivity contribution < 1.29 is 46.2 Å². The minimum absolute atomic E-state index is 0. The van der Waals surface area contributed by atoms with E-state index >= 15 is 0 Å². The molecular weight excluding hydrogens is 674 g/mol. The lowest BCUT2D eigenvalue weighted by molar-refractivity contribution is -0.912. The number of halogens is 1. The summed E-state index contributed by atoms with van der Waals surface area (Å²) in [6.45, 7) is 5.66. The van der Waals surface area contributed by atoms with E-state index in [1.807, 2.05) is 7.05 Å². The molecule has 0 heterocycles. The van der Waals surface area contributed by atoms with Crippen molar-refractivity contribution in [1.82, 2.24) is 0 Å². The van der Waals surface area contributed by atoms with E-state index in [9.17, 15) is 19.8 Å². The van der Waals surface area contributed by atoms with Crippen LogP contribution in [0, 0.1) is 0 Å². The van der Waals surface area contributed by atoms with Crippen molar-refractivity contribution in [3.8, 4) is 0 Å². The van der Waals surface area contributed by atoms with Gasteiger partial charge in [0.25, 0.3) is 0 Å². The molecule has 52 heavy (non-hydrogen) atoms. The SMILES string of the molecule is CCCCCCCCC=CCCCCCCCC(=O)OCC(C[N+](C)(CCO)CCO)OC(=O)CCCCCCCC=CCCCCCCCC.[Cl-]. The lowest BCUT2D eigenvalue weighted by Gasteiger charge is -2.36. The lowest BCUT2D eigenvalue weighted by atomic mass is 10.1. The van der Waals surface area contributed by atoms with Crippen LogP contribution < -0.4 is 12.4 Å². The average Bonchev–Trinajstić information content (AvgIpc) is 3.10. The molecule has 0 aromatic rings. The molecule has 0 bridgehead atoms. The van der Waals surface area contributed by atoms with E-state index in [0.717, 1.165) is 51.4 Å². The summed E-state index contributed by atoms with van der Waals surface area (Å²) in [7, 11) is 1.92. The van der Waals surface area contributed by atoms with E-state index < -0.39 is 6.10 Å². The minimum Gasteiger partial charge on any atom is -1.00 e. The van der Waals surface area contributed by atoms with Crippen LogP contribution in [-0.4, -0.2) is 79.2 Å². The fourth-order valence-electron chi connectivity index (χ4n) is 6.58. The Morgan fingerprint density at radius 3 is 1.27 bits per heavy atom. The molecular formula is C44H84ClNO6. The molecule has 0 radical (unpaired) electrons. The standard InChI is InChI=1S/C44H84NO6.ClH/c1-4-6-8-10-12-14-16-18-20-22-24-26-28-30-32-34-43(48)50-41-42(40-45(3,36-38-46)37-39-47)51-44(49)35-33-31-29-27-25-23-21-19-17-15-13-11-9-7-5-2;/h18-21,42,46-47H,4-17,22-41H2,1-3H3;1H/q+1;/p-1. The lowest BCUT2D eigenvalue weighted by Crippen LogP contribution is -3.00. The molecule has 0 spiro atoms. The van der Waals surface area contributed by atoms with Crippen LogP contribution in [0.3, 0.4) is 0 Å². The van der Waals surface area contributed by atoms with Crippen LogP contribution in [-0.2, 0) is 19.1 Å². The molecule has 0 fully saturated rings. The summed E-state index contributed by atoms with van der Waals surface area (Å²) in [6.07, 6.45) is 40.8. The summed E-state index contributed by atoms with van der Waals surface area (Å²) in [4.78, 5) is 25.3. The summed E-state index contributed by atoms with van der Waals surface area (Å²) < 4.78 is 11.8. The second-order valence-electron chi connectivity index (χ2n) is 15.2. The molecule has 1 unspecified atom stereocenters. The quantitative estimate of drug-likeness (QED) is 0.0286. The molecule has 8 heteroatoms. The van der Waals surface area contributed by atoms with Crippen molar-refractivity contribution in [2.75, 3.05) is 46.5 Å². The van der Waals surface area contributed by atoms with Gasteiger partial charge in [-0.05, 0) is 64.2 Å². The second-order valence-corrected chi connectivity index (χ2v) is 15.2. The molecule has 0 aliphatic heterocycles. The van der Waals surface area contributed by atoms with E-state index in [2.05, 4.69) is 38.2 Å². The number of allylic oxidation sites excluding steroid dienone is 4. The number of carbonyl (C=O) groups is 2. The predicted octanol–water partition coefficient (Wildman–Crippen LogP) is 7.95. The number of quaternary nitrogens is 1. The predicted molar refractivity (Wildman–Crippen MR) is 215 cm³/mol. The van der Waals surface area contributed by atoms with Gasteiger partial charge in [-0.1, -0.05) is 141 Å². The summed E-state index contributed by atoms with van der Waals surface area (Å²) in [6, 6.07) is 0. The van der Waals surface area contributed by atoms with Gasteiger partial charge in [0.15, 0.2) is 6.10 Å². The Morgan fingerprint density at radius 1 is 0.538 bits per heavy atom. The molecule has 0 saturated heterocycles. The molecule has 1 atom stereocenters. The van der Waals surface area contributed by atoms with Crippen LogP contribution >= 0.6 is 0 Å². The zero-order valence-electron chi connectivity index (χ0n) is 34.3. The van der Waals surface area contributed by atoms with Gasteiger partial charge in [-0.3, -0.25) is 9.59 Å². The number of hydrogen-bond acceptors (Lipinski definition) is 6. The highest BCUT2D eigenvalue weighted by Gasteiger charge is 2.29. The van der Waals surface area contributed by atoms with Crippen molar-refractivity contribution in [2.45, 2.75) is 200 Å². The van der Waals surface area contributed by atoms with Crippen molar-refractivity contribution in [3.05, 3.63) is 24.3 Å². The second kappa shape index (κ2) is 40.8. The van der Waals surface area contributed by atoms with Gasteiger partial charge in [0, 0.05) is 12.8 Å². The van der Waals surface area contributed by atoms with Crippen LogP contribution in [0.4, 0.5) is 0 Å². The number of carbonyl (C=O) groups excluding carboxylic acids is 2. The molecule has 0 amide bonds. The van der Waals surface area contributed by atoms with Gasteiger partial charge in [0.2, 0.25) is 0 Å². The highest BCUT2D eigenvalue weighted by molar-refractivity contribution is 5.70. The van der Waals surface area contributed by atoms with Crippen LogP contribution in [0.2, 0.25) is 0 Å². The smallest absolute Gasteiger partial charge is 0.306 e. The first kappa shape index (κ1) is 52.7. The van der Waals surface area contributed by atoms with Crippen molar-refractivity contribution >= 4 is 11.9 Å². The minimum atomic E-state index is -0.609. The third kappa shape index (κ3) is 36.9. The molecule has 0 aromatic heterocycles. The Bertz CT molecular complexity index is 830. The van der Waals surface area contributed by atoms with Gasteiger partial charge in [0.05, 0.1) is 20.3 Å². The van der Waals surface area contributed by atoms with Crippen LogP contribution in [0.15, 0.2) is 24.3 Å². The zero-order chi connectivity index (χ0) is 37.5. The Labute approximate surface area is 327 Å². The van der Waals surface area contributed by atoms with Crippen molar-refractivity contribution in [2.24, 2.45) is 0 Å². The zero-order valence-corrected chi connectivity index (χ0v) is 35.0. The first-order chi connectivity index (χ1) is 24.9. The molecule has 0 aliphatic carbocycles. The number of aliphatic hydroxyl groups excluding tert-OH is 2. The number of ether oxygens (including phenoxy) is 2. The topological polar surface area (TPSA) is 93.1 Å². The monoisotopic (exact) mass is 758 g/mol. The van der Waals surface area contributed by atoms with Gasteiger partial charge in [-0.2, -0.15) is 0 Å². The molecule has 0 aliphatic rings. The van der Waals surface area contributed by atoms with E-state index in [0.29, 0.717) is 37.0 Å². The number of likely N-dealkylation sites (N-methyl/N-ethyl adjacent to an activating group) is 1. The number of rotatable bonds is 39. The summed E-state index contributed by atoms with van der Waals surface area (Å²) in [5.74, 6) is -0.532. The van der Waals surface area contributed by atoms with Crippen LogP contribution in [0.5, 0.6) is 0 Å². The highest BCUT2D eigenvalue weighted by Crippen LogP contribution is 2.14. The summed E-state index contributed by atoms with van der Waals surface area (Å²) >= 11 is 0. The molecule has 0 saturated carbocycles. The Hall–Kier alpha value is -1.41. The fraction of sp³-hybridized carbons (Fsp3) is 0.864. The number of nitrogens with zero attached hydrogens (tertiary/aromatic N) is 1. The largest absolute Gasteiger partial charge is 1.00 e. The van der Waals surface area contributed by atoms with Gasteiger partial charge in [-0.15, -0.1) is 0 Å². The van der Waals surface area contributed by atoms with E-state index in [-0.39, 0.29) is 44.2 Å². The maximum absolute atomic E-state index is 12.8. The highest BCUT2D eigenvalue weighted by atomic mass is 35.5. The fourth-order valence-corrected chi connectivity index (χ4v) is 6.58. The van der Waals surface area contributed by atoms with Crippen molar-refractivity contribution in [1.29, 1.82) is 0 Å². The van der Waals surface area contributed by atoms with Gasteiger partial charge >= 0.3 is 11.9 Å². The van der Waals surface area contributed by atoms with Crippen LogP contribution in [0.25, 0.3) is 0 Å². The maximum atomic E-state index is 12.8. The van der Waals surface area contributed by atoms with E-state index in [4.69, 9.17) is 9.47 Å². The maximum Gasteiger partial charge on any atom is 0.306 e. The van der Waals surface area contributed by atoms with Crippen LogP contribution in [0.1, 0.15) is 194 Å². The Balaban J connectivity index is 0. The van der Waals surface area contributed by atoms with E-state index in [1.54, 1.807) is 0 Å². The van der Waals surface area contributed by atoms with Crippen molar-refractivity contribution in [3.63, 3.8) is 0 Å².